The van der Waals surface area contributed by atoms with Crippen LogP contribution < -0.4 is 10.6 Å². The molecule has 0 bridgehead atoms. The van der Waals surface area contributed by atoms with Gasteiger partial charge in [-0.3, -0.25) is 0 Å². The molecule has 0 aliphatic carbocycles. The molecule has 2 rings (SSSR count). The summed E-state index contributed by atoms with van der Waals surface area (Å²) in [6.07, 6.45) is 2.12. The summed E-state index contributed by atoms with van der Waals surface area (Å²) in [4.78, 5) is 0. The number of rotatable bonds is 8. The monoisotopic (exact) mass is 282 g/mol. The van der Waals surface area contributed by atoms with Crippen LogP contribution in [-0.2, 0) is 6.42 Å². The molecule has 21 heavy (non-hydrogen) atoms. The molecule has 0 unspecified atom stereocenters. The topological polar surface area (TPSA) is 24.1 Å². The van der Waals surface area contributed by atoms with Gasteiger partial charge in [-0.05, 0) is 36.6 Å². The van der Waals surface area contributed by atoms with Gasteiger partial charge >= 0.3 is 0 Å². The van der Waals surface area contributed by atoms with Crippen LogP contribution in [0.5, 0.6) is 0 Å². The second-order valence-electron chi connectivity index (χ2n) is 5.71. The molecule has 0 amide bonds. The SMILES string of the molecule is CC(C)NCCCNc1ccccc1Cc1ccccc1. The minimum atomic E-state index is 0.565. The lowest BCUT2D eigenvalue weighted by Gasteiger charge is -2.13. The Balaban J connectivity index is 1.88. The smallest absolute Gasteiger partial charge is 0.0376 e. The lowest BCUT2D eigenvalue weighted by atomic mass is 10.0. The predicted octanol–water partition coefficient (Wildman–Crippen LogP) is 4.08. The van der Waals surface area contributed by atoms with E-state index in [-0.39, 0.29) is 0 Å². The van der Waals surface area contributed by atoms with Crippen LogP contribution in [0.3, 0.4) is 0 Å². The van der Waals surface area contributed by atoms with Crippen LogP contribution in [0, 0.1) is 0 Å². The van der Waals surface area contributed by atoms with E-state index in [1.807, 2.05) is 0 Å². The number of hydrogen-bond acceptors (Lipinski definition) is 2. The van der Waals surface area contributed by atoms with Gasteiger partial charge in [0.15, 0.2) is 0 Å². The van der Waals surface area contributed by atoms with Gasteiger partial charge in [0.1, 0.15) is 0 Å². The van der Waals surface area contributed by atoms with Crippen molar-refractivity contribution in [3.63, 3.8) is 0 Å². The van der Waals surface area contributed by atoms with E-state index in [1.165, 1.54) is 16.8 Å². The van der Waals surface area contributed by atoms with Crippen molar-refractivity contribution in [2.75, 3.05) is 18.4 Å². The Morgan fingerprint density at radius 3 is 2.33 bits per heavy atom. The van der Waals surface area contributed by atoms with E-state index in [9.17, 15) is 0 Å². The maximum Gasteiger partial charge on any atom is 0.0376 e. The van der Waals surface area contributed by atoms with Crippen LogP contribution in [0.25, 0.3) is 0 Å². The van der Waals surface area contributed by atoms with Crippen molar-refractivity contribution in [2.24, 2.45) is 0 Å². The van der Waals surface area contributed by atoms with Gasteiger partial charge in [0, 0.05) is 18.3 Å². The zero-order valence-corrected chi connectivity index (χ0v) is 13.1. The summed E-state index contributed by atoms with van der Waals surface area (Å²) in [5.41, 5.74) is 3.97. The number of hydrogen-bond donors (Lipinski definition) is 2. The van der Waals surface area contributed by atoms with Crippen molar-refractivity contribution in [1.82, 2.24) is 5.32 Å². The third-order valence-electron chi connectivity index (χ3n) is 3.48. The molecular formula is C19H26N2. The second kappa shape index (κ2) is 8.48. The molecule has 2 heteroatoms. The summed E-state index contributed by atoms with van der Waals surface area (Å²) >= 11 is 0. The molecule has 0 radical (unpaired) electrons. The van der Waals surface area contributed by atoms with Gasteiger partial charge in [0.25, 0.3) is 0 Å². The first kappa shape index (κ1) is 15.6. The Labute approximate surface area is 128 Å². The van der Waals surface area contributed by atoms with Gasteiger partial charge < -0.3 is 10.6 Å². The normalized spacial score (nSPS) is 10.8. The Morgan fingerprint density at radius 1 is 0.857 bits per heavy atom. The van der Waals surface area contributed by atoms with E-state index in [4.69, 9.17) is 0 Å². The van der Waals surface area contributed by atoms with E-state index in [1.54, 1.807) is 0 Å². The maximum absolute atomic E-state index is 3.57. The van der Waals surface area contributed by atoms with E-state index in [2.05, 4.69) is 79.1 Å². The molecule has 0 fully saturated rings. The Kier molecular flexibility index (Phi) is 6.29. The average Bonchev–Trinajstić information content (AvgIpc) is 2.49. The van der Waals surface area contributed by atoms with Crippen molar-refractivity contribution in [2.45, 2.75) is 32.7 Å². The highest BCUT2D eigenvalue weighted by Gasteiger charge is 2.02. The fraction of sp³-hybridized carbons (Fsp3) is 0.368. The van der Waals surface area contributed by atoms with Gasteiger partial charge in [-0.1, -0.05) is 62.4 Å². The van der Waals surface area contributed by atoms with E-state index >= 15 is 0 Å². The Bertz CT molecular complexity index is 520. The number of anilines is 1. The number of para-hydroxylation sites is 1. The summed E-state index contributed by atoms with van der Waals surface area (Å²) in [5.74, 6) is 0. The van der Waals surface area contributed by atoms with Crippen molar-refractivity contribution >= 4 is 5.69 Å². The first-order valence-corrected chi connectivity index (χ1v) is 7.85. The van der Waals surface area contributed by atoms with Crippen molar-refractivity contribution in [3.8, 4) is 0 Å². The molecule has 112 valence electrons. The zero-order valence-electron chi connectivity index (χ0n) is 13.1. The molecule has 0 aromatic heterocycles. The summed E-state index contributed by atoms with van der Waals surface area (Å²) in [7, 11) is 0. The molecule has 2 nitrogen and oxygen atoms in total. The Morgan fingerprint density at radius 2 is 1.57 bits per heavy atom. The molecule has 2 aromatic carbocycles. The molecule has 2 N–H and O–H groups in total. The number of nitrogens with one attached hydrogen (secondary N) is 2. The van der Waals surface area contributed by atoms with E-state index in [0.29, 0.717) is 6.04 Å². The summed E-state index contributed by atoms with van der Waals surface area (Å²) in [6.45, 7) is 6.43. The molecule has 0 heterocycles. The molecule has 0 saturated carbocycles. The summed E-state index contributed by atoms with van der Waals surface area (Å²) in [5, 5.41) is 7.01. The summed E-state index contributed by atoms with van der Waals surface area (Å²) < 4.78 is 0. The standard InChI is InChI=1S/C19H26N2/c1-16(2)20-13-8-14-21-19-12-7-6-11-18(19)15-17-9-4-3-5-10-17/h3-7,9-12,16,20-21H,8,13-15H2,1-2H3. The first-order valence-electron chi connectivity index (χ1n) is 7.85. The quantitative estimate of drug-likeness (QED) is 0.713. The van der Waals surface area contributed by atoms with Gasteiger partial charge in [0.2, 0.25) is 0 Å². The highest BCUT2D eigenvalue weighted by Crippen LogP contribution is 2.18. The molecule has 0 atom stereocenters. The maximum atomic E-state index is 3.57. The van der Waals surface area contributed by atoms with Crippen LogP contribution in [0.2, 0.25) is 0 Å². The lowest BCUT2D eigenvalue weighted by molar-refractivity contribution is 0.578. The fourth-order valence-electron chi connectivity index (χ4n) is 2.36. The molecule has 0 aliphatic heterocycles. The van der Waals surface area contributed by atoms with Crippen molar-refractivity contribution < 1.29 is 0 Å². The predicted molar refractivity (Wildman–Crippen MR) is 91.9 cm³/mol. The van der Waals surface area contributed by atoms with Gasteiger partial charge in [-0.15, -0.1) is 0 Å². The van der Waals surface area contributed by atoms with Crippen LogP contribution in [0.4, 0.5) is 5.69 Å². The lowest BCUT2D eigenvalue weighted by Crippen LogP contribution is -2.25. The zero-order chi connectivity index (χ0) is 14.9. The van der Waals surface area contributed by atoms with Crippen molar-refractivity contribution in [1.29, 1.82) is 0 Å². The minimum Gasteiger partial charge on any atom is -0.385 e. The molecule has 0 saturated heterocycles. The highest BCUT2D eigenvalue weighted by atomic mass is 14.9. The second-order valence-corrected chi connectivity index (χ2v) is 5.71. The Hall–Kier alpha value is -1.80. The van der Waals surface area contributed by atoms with Crippen molar-refractivity contribution in [3.05, 3.63) is 65.7 Å². The van der Waals surface area contributed by atoms with Crippen LogP contribution >= 0.6 is 0 Å². The highest BCUT2D eigenvalue weighted by molar-refractivity contribution is 5.52. The fourth-order valence-corrected chi connectivity index (χ4v) is 2.36. The van der Waals surface area contributed by atoms with Gasteiger partial charge in [0.05, 0.1) is 0 Å². The van der Waals surface area contributed by atoms with Gasteiger partial charge in [-0.2, -0.15) is 0 Å². The van der Waals surface area contributed by atoms with Crippen LogP contribution in [-0.4, -0.2) is 19.1 Å². The average molecular weight is 282 g/mol. The first-order chi connectivity index (χ1) is 10.3. The molecule has 0 spiro atoms. The van der Waals surface area contributed by atoms with Crippen LogP contribution in [0.1, 0.15) is 31.4 Å². The van der Waals surface area contributed by atoms with E-state index in [0.717, 1.165) is 25.9 Å². The van der Waals surface area contributed by atoms with E-state index < -0.39 is 0 Å². The van der Waals surface area contributed by atoms with Crippen LogP contribution in [0.15, 0.2) is 54.6 Å². The van der Waals surface area contributed by atoms with Gasteiger partial charge in [-0.25, -0.2) is 0 Å². The molecule has 2 aromatic rings. The summed E-state index contributed by atoms with van der Waals surface area (Å²) in [6, 6.07) is 19.8. The third kappa shape index (κ3) is 5.60. The molecular weight excluding hydrogens is 256 g/mol. The molecule has 0 aliphatic rings. The minimum absolute atomic E-state index is 0.565. The number of benzene rings is 2. The third-order valence-corrected chi connectivity index (χ3v) is 3.48. The largest absolute Gasteiger partial charge is 0.385 e.